The van der Waals surface area contributed by atoms with Gasteiger partial charge in [0.1, 0.15) is 6.61 Å². The van der Waals surface area contributed by atoms with Crippen LogP contribution < -0.4 is 16.0 Å². The predicted octanol–water partition coefficient (Wildman–Crippen LogP) is 5.46. The highest BCUT2D eigenvalue weighted by Gasteiger charge is 2.36. The Morgan fingerprint density at radius 1 is 1.05 bits per heavy atom. The number of ether oxygens (including phenoxy) is 2. The van der Waals surface area contributed by atoms with Gasteiger partial charge in [-0.25, -0.2) is 0 Å². The molecule has 3 heterocycles. The van der Waals surface area contributed by atoms with E-state index in [1.54, 1.807) is 16.7 Å². The monoisotopic (exact) mass is 587 g/mol. The molecule has 2 aliphatic heterocycles. The van der Waals surface area contributed by atoms with E-state index in [2.05, 4.69) is 18.2 Å². The third-order valence-corrected chi connectivity index (χ3v) is 9.15. The maximum Gasteiger partial charge on any atom is 0.276 e. The van der Waals surface area contributed by atoms with E-state index in [-0.39, 0.29) is 35.9 Å². The Labute approximate surface area is 247 Å². The van der Waals surface area contributed by atoms with Gasteiger partial charge in [-0.3, -0.25) is 14.3 Å². The van der Waals surface area contributed by atoms with Gasteiger partial charge in [0, 0.05) is 40.4 Å². The first-order valence-electron chi connectivity index (χ1n) is 13.6. The Morgan fingerprint density at radius 3 is 2.71 bits per heavy atom. The third kappa shape index (κ3) is 5.60. The summed E-state index contributed by atoms with van der Waals surface area (Å²) in [5.41, 5.74) is 3.97. The van der Waals surface area contributed by atoms with Gasteiger partial charge in [-0.2, -0.15) is 0 Å². The van der Waals surface area contributed by atoms with Crippen molar-refractivity contribution in [1.82, 2.24) is 9.58 Å². The van der Waals surface area contributed by atoms with E-state index in [0.717, 1.165) is 21.9 Å². The van der Waals surface area contributed by atoms with Crippen LogP contribution in [0, 0.1) is 0 Å². The minimum Gasteiger partial charge on any atom is -0.482 e. The highest BCUT2D eigenvalue weighted by Crippen LogP contribution is 2.45. The summed E-state index contributed by atoms with van der Waals surface area (Å²) in [6, 6.07) is 24.9. The molecular weight excluding hydrogens is 558 g/mol. The molecule has 0 radical (unpaired) electrons. The van der Waals surface area contributed by atoms with Crippen molar-refractivity contribution in [2.45, 2.75) is 35.6 Å². The van der Waals surface area contributed by atoms with Gasteiger partial charge in [-0.1, -0.05) is 72.3 Å². The number of carbonyl (C=O) groups excluding carboxylic acids is 1. The second-order valence-corrected chi connectivity index (χ2v) is 11.6. The van der Waals surface area contributed by atoms with Crippen molar-refractivity contribution in [3.8, 4) is 5.75 Å². The second kappa shape index (κ2) is 12.0. The number of pyridine rings is 1. The molecule has 3 aromatic carbocycles. The van der Waals surface area contributed by atoms with Gasteiger partial charge >= 0.3 is 0 Å². The zero-order chi connectivity index (χ0) is 28.3. The van der Waals surface area contributed by atoms with Crippen LogP contribution in [0.2, 0.25) is 5.02 Å². The predicted molar refractivity (Wildman–Crippen MR) is 161 cm³/mol. The van der Waals surface area contributed by atoms with Gasteiger partial charge < -0.3 is 20.2 Å². The number of nitrogen functional groups attached to an aromatic ring is 1. The largest absolute Gasteiger partial charge is 0.482 e. The Hall–Kier alpha value is -3.72. The van der Waals surface area contributed by atoms with Crippen molar-refractivity contribution >= 4 is 29.3 Å². The van der Waals surface area contributed by atoms with Crippen molar-refractivity contribution in [1.29, 1.82) is 0 Å². The lowest BCUT2D eigenvalue weighted by Crippen LogP contribution is -2.50. The molecule has 0 bridgehead atoms. The van der Waals surface area contributed by atoms with Crippen LogP contribution in [0.1, 0.15) is 45.1 Å². The van der Waals surface area contributed by atoms with Gasteiger partial charge in [0.05, 0.1) is 19.3 Å². The molecule has 210 valence electrons. The van der Waals surface area contributed by atoms with Crippen LogP contribution in [0.3, 0.4) is 0 Å². The van der Waals surface area contributed by atoms with Crippen LogP contribution in [0.15, 0.2) is 94.7 Å². The first-order chi connectivity index (χ1) is 20.0. The average molecular weight is 588 g/mol. The van der Waals surface area contributed by atoms with Crippen LogP contribution in [-0.2, 0) is 17.1 Å². The van der Waals surface area contributed by atoms with Crippen LogP contribution in [0.5, 0.6) is 5.75 Å². The molecule has 0 saturated carbocycles. The normalized spacial score (nSPS) is 18.2. The van der Waals surface area contributed by atoms with Gasteiger partial charge in [-0.15, -0.1) is 11.8 Å². The quantitative estimate of drug-likeness (QED) is 0.301. The Balaban J connectivity index is 1.35. The van der Waals surface area contributed by atoms with Crippen LogP contribution in [0.4, 0.5) is 0 Å². The van der Waals surface area contributed by atoms with Crippen LogP contribution in [-0.4, -0.2) is 41.3 Å². The molecule has 1 fully saturated rings. The van der Waals surface area contributed by atoms with Crippen molar-refractivity contribution < 1.29 is 14.3 Å². The average Bonchev–Trinajstić information content (AvgIpc) is 3.16. The van der Waals surface area contributed by atoms with Crippen molar-refractivity contribution in [2.75, 3.05) is 25.6 Å². The molecule has 1 saturated heterocycles. The molecule has 1 aromatic heterocycles. The van der Waals surface area contributed by atoms with Gasteiger partial charge in [0.25, 0.3) is 5.91 Å². The molecule has 0 unspecified atom stereocenters. The minimum absolute atomic E-state index is 0.0237. The molecule has 4 aromatic rings. The zero-order valence-electron chi connectivity index (χ0n) is 22.4. The molecule has 9 heteroatoms. The van der Waals surface area contributed by atoms with E-state index >= 15 is 0 Å². The molecule has 2 N–H and O–H groups in total. The fourth-order valence-corrected chi connectivity index (χ4v) is 7.13. The highest BCUT2D eigenvalue weighted by atomic mass is 35.5. The number of aromatic nitrogens is 1. The number of halogens is 1. The number of amides is 1. The number of carbonyl (C=O) groups is 1. The summed E-state index contributed by atoms with van der Waals surface area (Å²) in [6.07, 6.45) is 2.00. The molecule has 0 aliphatic carbocycles. The molecule has 2 aliphatic rings. The van der Waals surface area contributed by atoms with E-state index in [9.17, 15) is 9.59 Å². The lowest BCUT2D eigenvalue weighted by Gasteiger charge is -2.38. The van der Waals surface area contributed by atoms with E-state index in [4.69, 9.17) is 26.9 Å². The Morgan fingerprint density at radius 2 is 1.85 bits per heavy atom. The lowest BCUT2D eigenvalue weighted by molar-refractivity contribution is -0.00601. The van der Waals surface area contributed by atoms with Crippen LogP contribution in [0.25, 0.3) is 0 Å². The maximum atomic E-state index is 14.2. The highest BCUT2D eigenvalue weighted by molar-refractivity contribution is 7.98. The Kier molecular flexibility index (Phi) is 8.05. The SMILES string of the molecule is Nn1ccc(=O)c(OCc2ccccc2)c1C(=O)N1CCOC[C@H]1C[C@@H]1c2ccccc2SCc2cccc(Cl)c21. The molecule has 1 amide bonds. The fourth-order valence-electron chi connectivity index (χ4n) is 5.69. The number of fused-ring (bicyclic) bond motifs is 2. The van der Waals surface area contributed by atoms with E-state index < -0.39 is 5.43 Å². The zero-order valence-corrected chi connectivity index (χ0v) is 23.9. The fraction of sp³-hybridized carbons (Fsp3) is 0.250. The molecule has 0 spiro atoms. The summed E-state index contributed by atoms with van der Waals surface area (Å²) in [4.78, 5) is 30.1. The second-order valence-electron chi connectivity index (χ2n) is 10.2. The van der Waals surface area contributed by atoms with Gasteiger partial charge in [0.2, 0.25) is 5.43 Å². The molecule has 6 rings (SSSR count). The Bertz CT molecular complexity index is 1630. The topological polar surface area (TPSA) is 86.8 Å². The van der Waals surface area contributed by atoms with Crippen molar-refractivity contribution in [2.24, 2.45) is 0 Å². The third-order valence-electron chi connectivity index (χ3n) is 7.68. The number of hydrogen-bond donors (Lipinski definition) is 1. The number of nitrogens with zero attached hydrogens (tertiary/aromatic N) is 2. The first kappa shape index (κ1) is 27.4. The summed E-state index contributed by atoms with van der Waals surface area (Å²) in [5, 5.41) is 0.717. The summed E-state index contributed by atoms with van der Waals surface area (Å²) in [6.45, 7) is 1.25. The molecular formula is C32H30ClN3O4S. The van der Waals surface area contributed by atoms with E-state index in [1.807, 2.05) is 54.6 Å². The summed E-state index contributed by atoms with van der Waals surface area (Å²) < 4.78 is 13.0. The number of morpholine rings is 1. The summed E-state index contributed by atoms with van der Waals surface area (Å²) >= 11 is 8.64. The van der Waals surface area contributed by atoms with E-state index in [1.165, 1.54) is 33.0 Å². The molecule has 7 nitrogen and oxygen atoms in total. The molecule has 2 atom stereocenters. The number of thioether (sulfide) groups is 1. The number of rotatable bonds is 6. The number of benzene rings is 3. The van der Waals surface area contributed by atoms with Gasteiger partial charge in [0.15, 0.2) is 11.4 Å². The lowest BCUT2D eigenvalue weighted by atomic mass is 9.83. The minimum atomic E-state index is -0.397. The smallest absolute Gasteiger partial charge is 0.276 e. The number of hydrogen-bond acceptors (Lipinski definition) is 6. The van der Waals surface area contributed by atoms with Crippen molar-refractivity contribution in [3.63, 3.8) is 0 Å². The standard InChI is InChI=1S/C32H30ClN3O4S/c33-26-11-6-9-22-20-41-28-12-5-4-10-24(28)25(29(22)26)17-23-19-39-16-15-35(23)32(38)30-31(27(37)13-14-36(30)34)40-18-21-7-2-1-3-8-21/h1-14,23,25H,15-20,34H2/t23-,25-/m1/s1. The first-order valence-corrected chi connectivity index (χ1v) is 14.9. The summed E-state index contributed by atoms with van der Waals surface area (Å²) in [7, 11) is 0. The van der Waals surface area contributed by atoms with E-state index in [0.29, 0.717) is 26.2 Å². The summed E-state index contributed by atoms with van der Waals surface area (Å²) in [5.74, 6) is 6.62. The van der Waals surface area contributed by atoms with Crippen molar-refractivity contribution in [3.05, 3.63) is 128 Å². The van der Waals surface area contributed by atoms with Gasteiger partial charge in [-0.05, 0) is 40.8 Å². The molecule has 41 heavy (non-hydrogen) atoms. The maximum absolute atomic E-state index is 14.2. The van der Waals surface area contributed by atoms with Crippen LogP contribution >= 0.6 is 23.4 Å². The number of nitrogens with two attached hydrogens (primary N) is 1.